The van der Waals surface area contributed by atoms with Crippen LogP contribution in [0.2, 0.25) is 0 Å². The first-order valence-electron chi connectivity index (χ1n) is 12.0. The highest BCUT2D eigenvalue weighted by Gasteiger charge is 2.39. The third kappa shape index (κ3) is 5.24. The van der Waals surface area contributed by atoms with Crippen LogP contribution in [0.15, 0.2) is 48.5 Å². The lowest BCUT2D eigenvalue weighted by Gasteiger charge is -2.30. The number of carboxylic acids is 1. The highest BCUT2D eigenvalue weighted by Crippen LogP contribution is 2.44. The normalized spacial score (nSPS) is 16.9. The van der Waals surface area contributed by atoms with Gasteiger partial charge in [-0.2, -0.15) is 0 Å². The Morgan fingerprint density at radius 2 is 1.62 bits per heavy atom. The number of amides is 2. The molecule has 0 radical (unpaired) electrons. The maximum atomic E-state index is 12.8. The fourth-order valence-electron chi connectivity index (χ4n) is 5.34. The Labute approximate surface area is 199 Å². The average Bonchev–Trinajstić information content (AvgIpc) is 3.39. The SMILES string of the molecule is CCC(CC(=O)O)NC(=O)CC1(NC(=O)OCC2c3ccccc3-c3ccccc32)CCCC1. The number of carboxylic acid groups (broad SMARTS) is 1. The molecule has 34 heavy (non-hydrogen) atoms. The molecule has 2 aliphatic rings. The Bertz CT molecular complexity index is 1010. The lowest BCUT2D eigenvalue weighted by molar-refractivity contribution is -0.137. The zero-order valence-electron chi connectivity index (χ0n) is 19.5. The lowest BCUT2D eigenvalue weighted by atomic mass is 9.92. The van der Waals surface area contributed by atoms with Crippen molar-refractivity contribution in [1.29, 1.82) is 0 Å². The van der Waals surface area contributed by atoms with Gasteiger partial charge in [-0.3, -0.25) is 9.59 Å². The molecule has 0 bridgehead atoms. The van der Waals surface area contributed by atoms with E-state index in [1.165, 1.54) is 11.1 Å². The Hall–Kier alpha value is -3.35. The van der Waals surface area contributed by atoms with E-state index in [1.54, 1.807) is 0 Å². The van der Waals surface area contributed by atoms with Crippen molar-refractivity contribution < 1.29 is 24.2 Å². The Morgan fingerprint density at radius 3 is 2.18 bits per heavy atom. The van der Waals surface area contributed by atoms with Gasteiger partial charge in [0.05, 0.1) is 12.0 Å². The maximum Gasteiger partial charge on any atom is 0.407 e. The van der Waals surface area contributed by atoms with Gasteiger partial charge in [0.15, 0.2) is 0 Å². The first-order chi connectivity index (χ1) is 16.4. The summed E-state index contributed by atoms with van der Waals surface area (Å²) < 4.78 is 5.70. The number of alkyl carbamates (subject to hydrolysis) is 1. The Kier molecular flexibility index (Phi) is 7.20. The number of hydrogen-bond acceptors (Lipinski definition) is 4. The molecule has 2 aromatic rings. The highest BCUT2D eigenvalue weighted by molar-refractivity contribution is 5.80. The van der Waals surface area contributed by atoms with E-state index in [9.17, 15) is 14.4 Å². The number of rotatable bonds is 9. The summed E-state index contributed by atoms with van der Waals surface area (Å²) in [5.41, 5.74) is 3.98. The van der Waals surface area contributed by atoms with Gasteiger partial charge in [-0.1, -0.05) is 68.3 Å². The minimum Gasteiger partial charge on any atom is -0.481 e. The Balaban J connectivity index is 1.38. The molecule has 1 atom stereocenters. The van der Waals surface area contributed by atoms with Crippen molar-refractivity contribution in [3.05, 3.63) is 59.7 Å². The number of aliphatic carboxylic acids is 1. The fourth-order valence-corrected chi connectivity index (χ4v) is 5.34. The summed E-state index contributed by atoms with van der Waals surface area (Å²) in [6, 6.07) is 15.9. The summed E-state index contributed by atoms with van der Waals surface area (Å²) in [6.45, 7) is 2.06. The van der Waals surface area contributed by atoms with E-state index in [4.69, 9.17) is 9.84 Å². The molecule has 180 valence electrons. The lowest BCUT2D eigenvalue weighted by Crippen LogP contribution is -2.50. The van der Waals surface area contributed by atoms with Gasteiger partial charge in [-0.25, -0.2) is 4.79 Å². The quantitative estimate of drug-likeness (QED) is 0.503. The maximum absolute atomic E-state index is 12.8. The monoisotopic (exact) mass is 464 g/mol. The molecule has 7 nitrogen and oxygen atoms in total. The molecule has 1 unspecified atom stereocenters. The van der Waals surface area contributed by atoms with Gasteiger partial charge in [0.2, 0.25) is 5.91 Å². The smallest absolute Gasteiger partial charge is 0.407 e. The predicted molar refractivity (Wildman–Crippen MR) is 128 cm³/mol. The molecular formula is C27H32N2O5. The van der Waals surface area contributed by atoms with Crippen molar-refractivity contribution in [1.82, 2.24) is 10.6 Å². The van der Waals surface area contributed by atoms with Crippen LogP contribution in [-0.2, 0) is 14.3 Å². The second-order valence-corrected chi connectivity index (χ2v) is 9.39. The van der Waals surface area contributed by atoms with E-state index in [1.807, 2.05) is 31.2 Å². The molecule has 4 rings (SSSR count). The third-order valence-electron chi connectivity index (χ3n) is 7.05. The summed E-state index contributed by atoms with van der Waals surface area (Å²) in [4.78, 5) is 36.5. The zero-order chi connectivity index (χ0) is 24.1. The second kappa shape index (κ2) is 10.3. The van der Waals surface area contributed by atoms with E-state index in [0.717, 1.165) is 24.0 Å². The van der Waals surface area contributed by atoms with Gasteiger partial charge in [0.25, 0.3) is 0 Å². The van der Waals surface area contributed by atoms with Crippen LogP contribution in [0, 0.1) is 0 Å². The first kappa shape index (κ1) is 23.8. The molecule has 1 saturated carbocycles. The van der Waals surface area contributed by atoms with Crippen molar-refractivity contribution in [2.24, 2.45) is 0 Å². The first-order valence-corrected chi connectivity index (χ1v) is 12.0. The van der Waals surface area contributed by atoms with Gasteiger partial charge in [0.1, 0.15) is 6.61 Å². The van der Waals surface area contributed by atoms with Gasteiger partial charge in [0, 0.05) is 18.4 Å². The van der Waals surface area contributed by atoms with Crippen LogP contribution in [0.5, 0.6) is 0 Å². The third-order valence-corrected chi connectivity index (χ3v) is 7.05. The largest absolute Gasteiger partial charge is 0.481 e. The Morgan fingerprint density at radius 1 is 1.03 bits per heavy atom. The topological polar surface area (TPSA) is 105 Å². The molecule has 7 heteroatoms. The number of ether oxygens (including phenoxy) is 1. The fraction of sp³-hybridized carbons (Fsp3) is 0.444. The molecular weight excluding hydrogens is 432 g/mol. The van der Waals surface area contributed by atoms with E-state index < -0.39 is 23.6 Å². The van der Waals surface area contributed by atoms with Crippen molar-refractivity contribution >= 4 is 18.0 Å². The number of benzene rings is 2. The molecule has 0 heterocycles. The van der Waals surface area contributed by atoms with Crippen LogP contribution >= 0.6 is 0 Å². The molecule has 0 aromatic heterocycles. The number of fused-ring (bicyclic) bond motifs is 3. The van der Waals surface area contributed by atoms with Gasteiger partial charge >= 0.3 is 12.1 Å². The number of hydrogen-bond donors (Lipinski definition) is 3. The summed E-state index contributed by atoms with van der Waals surface area (Å²) >= 11 is 0. The summed E-state index contributed by atoms with van der Waals surface area (Å²) in [7, 11) is 0. The van der Waals surface area contributed by atoms with Crippen LogP contribution in [0.25, 0.3) is 11.1 Å². The summed E-state index contributed by atoms with van der Waals surface area (Å²) in [5.74, 6) is -1.21. The molecule has 0 aliphatic heterocycles. The standard InChI is InChI=1S/C27H32N2O5/c1-2-18(15-25(31)32)28-24(30)16-27(13-7-8-14-27)29-26(33)34-17-23-21-11-5-3-9-19(21)20-10-4-6-12-22(20)23/h3-6,9-12,18,23H,2,7-8,13-17H2,1H3,(H,28,30)(H,29,33)(H,31,32). The van der Waals surface area contributed by atoms with Crippen LogP contribution < -0.4 is 10.6 Å². The number of nitrogens with one attached hydrogen (secondary N) is 2. The van der Waals surface area contributed by atoms with Crippen molar-refractivity contribution in [3.8, 4) is 11.1 Å². The van der Waals surface area contributed by atoms with E-state index in [0.29, 0.717) is 19.3 Å². The van der Waals surface area contributed by atoms with Crippen molar-refractivity contribution in [2.75, 3.05) is 6.61 Å². The molecule has 3 N–H and O–H groups in total. The zero-order valence-corrected chi connectivity index (χ0v) is 19.5. The van der Waals surface area contributed by atoms with Crippen LogP contribution in [0.3, 0.4) is 0 Å². The van der Waals surface area contributed by atoms with Crippen molar-refractivity contribution in [3.63, 3.8) is 0 Å². The average molecular weight is 465 g/mol. The van der Waals surface area contributed by atoms with Gasteiger partial charge < -0.3 is 20.5 Å². The second-order valence-electron chi connectivity index (χ2n) is 9.39. The van der Waals surface area contributed by atoms with E-state index >= 15 is 0 Å². The van der Waals surface area contributed by atoms with E-state index in [-0.39, 0.29) is 31.3 Å². The molecule has 1 fully saturated rings. The molecule has 2 amide bonds. The number of carbonyl (C=O) groups is 3. The minimum absolute atomic E-state index is 0.0256. The minimum atomic E-state index is -0.945. The van der Waals surface area contributed by atoms with Gasteiger partial charge in [-0.05, 0) is 41.5 Å². The van der Waals surface area contributed by atoms with Crippen LogP contribution in [-0.4, -0.2) is 41.3 Å². The highest BCUT2D eigenvalue weighted by atomic mass is 16.5. The molecule has 0 spiro atoms. The van der Waals surface area contributed by atoms with Crippen molar-refractivity contribution in [2.45, 2.75) is 69.4 Å². The predicted octanol–water partition coefficient (Wildman–Crippen LogP) is 4.60. The summed E-state index contributed by atoms with van der Waals surface area (Å²) in [6.07, 6.45) is 3.24. The van der Waals surface area contributed by atoms with Crippen LogP contribution in [0.4, 0.5) is 4.79 Å². The number of carbonyl (C=O) groups excluding carboxylic acids is 2. The molecule has 0 saturated heterocycles. The molecule has 2 aliphatic carbocycles. The molecule has 2 aromatic carbocycles. The van der Waals surface area contributed by atoms with E-state index in [2.05, 4.69) is 34.9 Å². The van der Waals surface area contributed by atoms with Gasteiger partial charge in [-0.15, -0.1) is 0 Å². The summed E-state index contributed by atoms with van der Waals surface area (Å²) in [5, 5.41) is 14.8. The van der Waals surface area contributed by atoms with Crippen LogP contribution in [0.1, 0.15) is 68.9 Å².